The van der Waals surface area contributed by atoms with Crippen molar-refractivity contribution in [2.45, 2.75) is 64.0 Å². The lowest BCUT2D eigenvalue weighted by Gasteiger charge is -2.36. The normalized spacial score (nSPS) is 26.1. The molecule has 7 nitrogen and oxygen atoms in total. The van der Waals surface area contributed by atoms with Gasteiger partial charge < -0.3 is 15.2 Å². The van der Waals surface area contributed by atoms with Gasteiger partial charge in [-0.1, -0.05) is 31.4 Å². The zero-order valence-electron chi connectivity index (χ0n) is 17.4. The summed E-state index contributed by atoms with van der Waals surface area (Å²) in [6, 6.07) is 8.07. The Bertz CT molecular complexity index is 701. The third-order valence-electron chi connectivity index (χ3n) is 6.53. The number of amides is 1. The van der Waals surface area contributed by atoms with Crippen molar-refractivity contribution >= 4 is 11.9 Å². The van der Waals surface area contributed by atoms with Gasteiger partial charge in [-0.2, -0.15) is 0 Å². The SMILES string of the molecule is COc1ccc(C2NNC(C)C2CC(=O)NCC2(CC(=O)O)CCCCC2)cc1. The number of rotatable bonds is 8. The molecule has 0 radical (unpaired) electrons. The van der Waals surface area contributed by atoms with Gasteiger partial charge in [0.2, 0.25) is 5.91 Å². The van der Waals surface area contributed by atoms with Gasteiger partial charge in [0.25, 0.3) is 0 Å². The fourth-order valence-electron chi connectivity index (χ4n) is 4.77. The summed E-state index contributed by atoms with van der Waals surface area (Å²) < 4.78 is 5.23. The summed E-state index contributed by atoms with van der Waals surface area (Å²) in [7, 11) is 1.64. The second kappa shape index (κ2) is 9.59. The highest BCUT2D eigenvalue weighted by Crippen LogP contribution is 2.39. The van der Waals surface area contributed by atoms with Gasteiger partial charge in [-0.05, 0) is 42.9 Å². The molecule has 2 fully saturated rings. The maximum absolute atomic E-state index is 12.8. The fourth-order valence-corrected chi connectivity index (χ4v) is 4.77. The third kappa shape index (κ3) is 5.48. The molecule has 3 rings (SSSR count). The lowest BCUT2D eigenvalue weighted by Crippen LogP contribution is -2.41. The van der Waals surface area contributed by atoms with Crippen molar-refractivity contribution in [3.05, 3.63) is 29.8 Å². The highest BCUT2D eigenvalue weighted by molar-refractivity contribution is 5.76. The molecule has 1 aliphatic heterocycles. The van der Waals surface area contributed by atoms with Gasteiger partial charge in [0, 0.05) is 24.9 Å². The number of ether oxygens (including phenoxy) is 1. The van der Waals surface area contributed by atoms with E-state index in [-0.39, 0.29) is 35.7 Å². The smallest absolute Gasteiger partial charge is 0.303 e. The van der Waals surface area contributed by atoms with Crippen LogP contribution in [0.4, 0.5) is 0 Å². The average Bonchev–Trinajstić information content (AvgIpc) is 3.07. The molecule has 160 valence electrons. The van der Waals surface area contributed by atoms with Crippen LogP contribution < -0.4 is 20.9 Å². The number of nitrogens with one attached hydrogen (secondary N) is 3. The predicted octanol–water partition coefficient (Wildman–Crippen LogP) is 2.78. The number of hydrazine groups is 1. The van der Waals surface area contributed by atoms with Crippen LogP contribution in [0.5, 0.6) is 5.75 Å². The lowest BCUT2D eigenvalue weighted by molar-refractivity contribution is -0.140. The van der Waals surface area contributed by atoms with E-state index in [0.29, 0.717) is 13.0 Å². The Balaban J connectivity index is 1.60. The Hall–Kier alpha value is -2.12. The van der Waals surface area contributed by atoms with E-state index in [4.69, 9.17) is 4.74 Å². The quantitative estimate of drug-likeness (QED) is 0.533. The van der Waals surface area contributed by atoms with Crippen molar-refractivity contribution in [2.24, 2.45) is 11.3 Å². The van der Waals surface area contributed by atoms with Gasteiger partial charge in [-0.25, -0.2) is 5.43 Å². The van der Waals surface area contributed by atoms with Gasteiger partial charge in [-0.15, -0.1) is 0 Å². The predicted molar refractivity (Wildman–Crippen MR) is 110 cm³/mol. The number of methoxy groups -OCH3 is 1. The zero-order valence-corrected chi connectivity index (χ0v) is 17.4. The molecule has 1 aromatic carbocycles. The topological polar surface area (TPSA) is 99.7 Å². The summed E-state index contributed by atoms with van der Waals surface area (Å²) in [5.41, 5.74) is 7.37. The van der Waals surface area contributed by atoms with Crippen molar-refractivity contribution in [3.63, 3.8) is 0 Å². The van der Waals surface area contributed by atoms with Gasteiger partial charge in [0.05, 0.1) is 19.6 Å². The molecule has 1 aliphatic carbocycles. The average molecular weight is 404 g/mol. The molecule has 1 saturated heterocycles. The van der Waals surface area contributed by atoms with Crippen LogP contribution in [0, 0.1) is 11.3 Å². The molecule has 3 atom stereocenters. The fraction of sp³-hybridized carbons (Fsp3) is 0.636. The molecule has 0 aromatic heterocycles. The van der Waals surface area contributed by atoms with Crippen LogP contribution in [-0.2, 0) is 9.59 Å². The summed E-state index contributed by atoms with van der Waals surface area (Å²) in [6.45, 7) is 2.52. The number of carboxylic acids is 1. The first kappa shape index (κ1) is 21.6. The highest BCUT2D eigenvalue weighted by Gasteiger charge is 2.37. The van der Waals surface area contributed by atoms with E-state index in [0.717, 1.165) is 43.4 Å². The van der Waals surface area contributed by atoms with Crippen LogP contribution >= 0.6 is 0 Å². The first-order valence-electron chi connectivity index (χ1n) is 10.6. The van der Waals surface area contributed by atoms with Gasteiger partial charge in [0.15, 0.2) is 0 Å². The van der Waals surface area contributed by atoms with E-state index >= 15 is 0 Å². The number of aliphatic carboxylic acids is 1. The number of hydrogen-bond acceptors (Lipinski definition) is 5. The maximum Gasteiger partial charge on any atom is 0.303 e. The third-order valence-corrected chi connectivity index (χ3v) is 6.53. The Morgan fingerprint density at radius 1 is 1.17 bits per heavy atom. The molecule has 0 bridgehead atoms. The Morgan fingerprint density at radius 2 is 1.86 bits per heavy atom. The number of carboxylic acid groups (broad SMARTS) is 1. The van der Waals surface area contributed by atoms with E-state index in [2.05, 4.69) is 23.1 Å². The molecule has 1 amide bonds. The molecule has 29 heavy (non-hydrogen) atoms. The minimum Gasteiger partial charge on any atom is -0.497 e. The minimum atomic E-state index is -0.779. The molecule has 4 N–H and O–H groups in total. The minimum absolute atomic E-state index is 0.0128. The van der Waals surface area contributed by atoms with Gasteiger partial charge >= 0.3 is 5.97 Å². The monoisotopic (exact) mass is 403 g/mol. The molecular weight excluding hydrogens is 370 g/mol. The zero-order chi connectivity index (χ0) is 20.9. The van der Waals surface area contributed by atoms with Crippen molar-refractivity contribution in [1.29, 1.82) is 0 Å². The van der Waals surface area contributed by atoms with Crippen LogP contribution in [0.25, 0.3) is 0 Å². The molecule has 1 saturated carbocycles. The number of carbonyl (C=O) groups excluding carboxylic acids is 1. The molecule has 2 aliphatic rings. The highest BCUT2D eigenvalue weighted by atomic mass is 16.5. The molecular formula is C22H33N3O4. The Labute approximate surface area is 172 Å². The molecule has 1 aromatic rings. The van der Waals surface area contributed by atoms with Crippen LogP contribution in [0.1, 0.15) is 63.5 Å². The van der Waals surface area contributed by atoms with E-state index in [1.807, 2.05) is 24.3 Å². The second-order valence-corrected chi connectivity index (χ2v) is 8.60. The summed E-state index contributed by atoms with van der Waals surface area (Å²) in [5, 5.41) is 12.4. The van der Waals surface area contributed by atoms with Crippen molar-refractivity contribution in [3.8, 4) is 5.75 Å². The standard InChI is InChI=1S/C22H33N3O4/c1-15-18(21(25-24-15)16-6-8-17(29-2)9-7-16)12-19(26)23-14-22(13-20(27)28)10-4-3-5-11-22/h6-9,15,18,21,24-25H,3-5,10-14H2,1-2H3,(H,23,26)(H,27,28). The van der Waals surface area contributed by atoms with Crippen LogP contribution in [0.15, 0.2) is 24.3 Å². The van der Waals surface area contributed by atoms with Crippen LogP contribution in [0.2, 0.25) is 0 Å². The molecule has 7 heteroatoms. The van der Waals surface area contributed by atoms with Gasteiger partial charge in [-0.3, -0.25) is 15.0 Å². The van der Waals surface area contributed by atoms with Crippen molar-refractivity contribution in [1.82, 2.24) is 16.2 Å². The van der Waals surface area contributed by atoms with E-state index in [1.54, 1.807) is 7.11 Å². The number of benzene rings is 1. The summed E-state index contributed by atoms with van der Waals surface area (Å²) in [4.78, 5) is 24.1. The first-order chi connectivity index (χ1) is 13.9. The first-order valence-corrected chi connectivity index (χ1v) is 10.6. The molecule has 0 spiro atoms. The molecule has 3 unspecified atom stereocenters. The maximum atomic E-state index is 12.8. The summed E-state index contributed by atoms with van der Waals surface area (Å²) in [6.07, 6.45) is 5.49. The van der Waals surface area contributed by atoms with Crippen molar-refractivity contribution in [2.75, 3.05) is 13.7 Å². The Kier molecular flexibility index (Phi) is 7.14. The van der Waals surface area contributed by atoms with Crippen LogP contribution in [0.3, 0.4) is 0 Å². The van der Waals surface area contributed by atoms with Gasteiger partial charge in [0.1, 0.15) is 5.75 Å². The number of hydrogen-bond donors (Lipinski definition) is 4. The Morgan fingerprint density at radius 3 is 2.48 bits per heavy atom. The summed E-state index contributed by atoms with van der Waals surface area (Å²) >= 11 is 0. The summed E-state index contributed by atoms with van der Waals surface area (Å²) in [5.74, 6) is 0.114. The van der Waals surface area contributed by atoms with E-state index in [1.165, 1.54) is 0 Å². The molecule has 1 heterocycles. The van der Waals surface area contributed by atoms with Crippen molar-refractivity contribution < 1.29 is 19.4 Å². The second-order valence-electron chi connectivity index (χ2n) is 8.60. The van der Waals surface area contributed by atoms with E-state index in [9.17, 15) is 14.7 Å². The van der Waals surface area contributed by atoms with E-state index < -0.39 is 5.97 Å². The number of carbonyl (C=O) groups is 2. The largest absolute Gasteiger partial charge is 0.497 e. The lowest BCUT2D eigenvalue weighted by atomic mass is 9.71. The van der Waals surface area contributed by atoms with Crippen LogP contribution in [-0.4, -0.2) is 36.7 Å².